The lowest BCUT2D eigenvalue weighted by Gasteiger charge is -2.30. The van der Waals surface area contributed by atoms with Crippen molar-refractivity contribution in [1.82, 2.24) is 9.97 Å². The van der Waals surface area contributed by atoms with Crippen molar-refractivity contribution in [2.75, 3.05) is 23.3 Å². The summed E-state index contributed by atoms with van der Waals surface area (Å²) in [5, 5.41) is 2.71. The fourth-order valence-corrected chi connectivity index (χ4v) is 2.73. The van der Waals surface area contributed by atoms with E-state index in [-0.39, 0.29) is 5.69 Å². The smallest absolute Gasteiger partial charge is 0.227 e. The number of hydrogen-bond acceptors (Lipinski definition) is 4. The number of halogens is 3. The Hall–Kier alpha value is -2.31. The third kappa shape index (κ3) is 3.44. The van der Waals surface area contributed by atoms with Crippen LogP contribution in [0, 0.1) is 30.3 Å². The Morgan fingerprint density at radius 2 is 1.79 bits per heavy atom. The molecule has 1 aromatic heterocycles. The summed E-state index contributed by atoms with van der Waals surface area (Å²) < 4.78 is 40.2. The summed E-state index contributed by atoms with van der Waals surface area (Å²) >= 11 is 0. The highest BCUT2D eigenvalue weighted by Crippen LogP contribution is 2.25. The third-order valence-corrected chi connectivity index (χ3v) is 4.21. The Balaban J connectivity index is 1.85. The molecule has 1 fully saturated rings. The first-order valence-electron chi connectivity index (χ1n) is 7.95. The minimum absolute atomic E-state index is 0.162. The molecule has 128 valence electrons. The Morgan fingerprint density at radius 3 is 2.50 bits per heavy atom. The van der Waals surface area contributed by atoms with Crippen molar-refractivity contribution in [1.29, 1.82) is 0 Å². The zero-order valence-corrected chi connectivity index (χ0v) is 13.6. The summed E-state index contributed by atoms with van der Waals surface area (Å²) in [7, 11) is 0. The molecule has 2 aromatic rings. The molecule has 4 nitrogen and oxygen atoms in total. The molecule has 0 bridgehead atoms. The van der Waals surface area contributed by atoms with Crippen LogP contribution in [0.3, 0.4) is 0 Å². The molecule has 1 aromatic carbocycles. The van der Waals surface area contributed by atoms with Crippen LogP contribution in [0.2, 0.25) is 0 Å². The highest BCUT2D eigenvalue weighted by molar-refractivity contribution is 5.58. The molecular weight excluding hydrogens is 317 g/mol. The number of hydrogen-bond donors (Lipinski definition) is 1. The summed E-state index contributed by atoms with van der Waals surface area (Å²) in [6.45, 7) is 5.75. The highest BCUT2D eigenvalue weighted by atomic mass is 19.2. The minimum Gasteiger partial charge on any atom is -0.341 e. The Labute approximate surface area is 138 Å². The van der Waals surface area contributed by atoms with E-state index in [4.69, 9.17) is 0 Å². The molecule has 7 heteroatoms. The standard InChI is InChI=1S/C17H19F3N4/c1-10-5-7-24(8-6-10)17-21-11(2)9-14(23-17)22-13-4-3-12(18)15(19)16(13)20/h3-4,9-10H,5-8H2,1-2H3,(H,21,22,23). The fraction of sp³-hybridized carbons (Fsp3) is 0.412. The average molecular weight is 336 g/mol. The van der Waals surface area contributed by atoms with Gasteiger partial charge in [-0.05, 0) is 37.8 Å². The van der Waals surface area contributed by atoms with Crippen LogP contribution in [-0.2, 0) is 0 Å². The fourth-order valence-electron chi connectivity index (χ4n) is 2.73. The van der Waals surface area contributed by atoms with Gasteiger partial charge in [0.25, 0.3) is 0 Å². The van der Waals surface area contributed by atoms with Crippen molar-refractivity contribution in [3.63, 3.8) is 0 Å². The number of nitrogens with one attached hydrogen (secondary N) is 1. The average Bonchev–Trinajstić information content (AvgIpc) is 2.55. The van der Waals surface area contributed by atoms with Gasteiger partial charge in [0, 0.05) is 24.8 Å². The van der Waals surface area contributed by atoms with Gasteiger partial charge in [-0.2, -0.15) is 4.98 Å². The monoisotopic (exact) mass is 336 g/mol. The van der Waals surface area contributed by atoms with E-state index in [0.717, 1.165) is 38.1 Å². The number of benzene rings is 1. The zero-order chi connectivity index (χ0) is 17.3. The predicted octanol–water partition coefficient (Wildman–Crippen LogP) is 4.18. The van der Waals surface area contributed by atoms with Crippen molar-refractivity contribution in [3.05, 3.63) is 41.3 Å². The number of piperidine rings is 1. The molecule has 0 spiro atoms. The van der Waals surface area contributed by atoms with Gasteiger partial charge in [0.1, 0.15) is 5.82 Å². The SMILES string of the molecule is Cc1cc(Nc2ccc(F)c(F)c2F)nc(N2CCC(C)CC2)n1. The van der Waals surface area contributed by atoms with Gasteiger partial charge < -0.3 is 10.2 Å². The molecule has 0 saturated carbocycles. The number of aryl methyl sites for hydroxylation is 1. The largest absolute Gasteiger partial charge is 0.341 e. The lowest BCUT2D eigenvalue weighted by atomic mass is 10.00. The van der Waals surface area contributed by atoms with Gasteiger partial charge in [-0.3, -0.25) is 0 Å². The first-order chi connectivity index (χ1) is 11.4. The van der Waals surface area contributed by atoms with Crippen molar-refractivity contribution < 1.29 is 13.2 Å². The molecular formula is C17H19F3N4. The lowest BCUT2D eigenvalue weighted by Crippen LogP contribution is -2.34. The molecule has 1 aliphatic heterocycles. The van der Waals surface area contributed by atoms with E-state index < -0.39 is 17.5 Å². The maximum Gasteiger partial charge on any atom is 0.227 e. The van der Waals surface area contributed by atoms with Crippen LogP contribution in [0.1, 0.15) is 25.5 Å². The second-order valence-electron chi connectivity index (χ2n) is 6.21. The summed E-state index contributed by atoms with van der Waals surface area (Å²) in [4.78, 5) is 10.9. The summed E-state index contributed by atoms with van der Waals surface area (Å²) in [6, 6.07) is 3.66. The summed E-state index contributed by atoms with van der Waals surface area (Å²) in [5.74, 6) is -2.40. The van der Waals surface area contributed by atoms with Crippen molar-refractivity contribution in [3.8, 4) is 0 Å². The molecule has 2 heterocycles. The van der Waals surface area contributed by atoms with Gasteiger partial charge in [0.2, 0.25) is 5.95 Å². The molecule has 0 amide bonds. The second-order valence-corrected chi connectivity index (χ2v) is 6.21. The van der Waals surface area contributed by atoms with Crippen molar-refractivity contribution >= 4 is 17.5 Å². The topological polar surface area (TPSA) is 41.1 Å². The maximum absolute atomic E-state index is 13.8. The summed E-state index contributed by atoms with van der Waals surface area (Å²) in [6.07, 6.45) is 2.13. The number of nitrogens with zero attached hydrogens (tertiary/aromatic N) is 3. The van der Waals surface area contributed by atoms with Crippen molar-refractivity contribution in [2.45, 2.75) is 26.7 Å². The molecule has 1 saturated heterocycles. The number of rotatable bonds is 3. The van der Waals surface area contributed by atoms with Crippen LogP contribution in [0.5, 0.6) is 0 Å². The minimum atomic E-state index is -1.50. The molecule has 0 unspecified atom stereocenters. The van der Waals surface area contributed by atoms with Crippen LogP contribution >= 0.6 is 0 Å². The van der Waals surface area contributed by atoms with E-state index in [1.165, 1.54) is 0 Å². The van der Waals surface area contributed by atoms with Gasteiger partial charge in [-0.1, -0.05) is 6.92 Å². The van der Waals surface area contributed by atoms with Crippen LogP contribution in [0.4, 0.5) is 30.6 Å². The van der Waals surface area contributed by atoms with Crippen LogP contribution in [0.25, 0.3) is 0 Å². The highest BCUT2D eigenvalue weighted by Gasteiger charge is 2.19. The Bertz CT molecular complexity index is 743. The van der Waals surface area contributed by atoms with Gasteiger partial charge >= 0.3 is 0 Å². The Morgan fingerprint density at radius 1 is 1.08 bits per heavy atom. The maximum atomic E-state index is 13.8. The molecule has 0 radical (unpaired) electrons. The van der Waals surface area contributed by atoms with Gasteiger partial charge in [0.05, 0.1) is 5.69 Å². The second kappa shape index (κ2) is 6.67. The van der Waals surface area contributed by atoms with E-state index in [0.29, 0.717) is 23.4 Å². The number of anilines is 3. The molecule has 0 atom stereocenters. The first kappa shape index (κ1) is 16.5. The van der Waals surface area contributed by atoms with E-state index in [1.807, 2.05) is 6.92 Å². The van der Waals surface area contributed by atoms with E-state index in [1.54, 1.807) is 6.07 Å². The van der Waals surface area contributed by atoms with Crippen LogP contribution in [0.15, 0.2) is 18.2 Å². The predicted molar refractivity (Wildman–Crippen MR) is 87.0 cm³/mol. The van der Waals surface area contributed by atoms with Crippen molar-refractivity contribution in [2.24, 2.45) is 5.92 Å². The third-order valence-electron chi connectivity index (χ3n) is 4.21. The molecule has 0 aliphatic carbocycles. The molecule has 1 N–H and O–H groups in total. The van der Waals surface area contributed by atoms with E-state index in [2.05, 4.69) is 27.1 Å². The molecule has 24 heavy (non-hydrogen) atoms. The van der Waals surface area contributed by atoms with Crippen LogP contribution in [-0.4, -0.2) is 23.1 Å². The normalized spacial score (nSPS) is 15.6. The van der Waals surface area contributed by atoms with E-state index in [9.17, 15) is 13.2 Å². The van der Waals surface area contributed by atoms with Gasteiger partial charge in [-0.15, -0.1) is 0 Å². The van der Waals surface area contributed by atoms with Gasteiger partial charge in [0.15, 0.2) is 17.5 Å². The van der Waals surface area contributed by atoms with E-state index >= 15 is 0 Å². The van der Waals surface area contributed by atoms with Gasteiger partial charge in [-0.25, -0.2) is 18.2 Å². The van der Waals surface area contributed by atoms with Crippen LogP contribution < -0.4 is 10.2 Å². The molecule has 1 aliphatic rings. The summed E-state index contributed by atoms with van der Waals surface area (Å²) in [5.41, 5.74) is 0.550. The number of aromatic nitrogens is 2. The zero-order valence-electron chi connectivity index (χ0n) is 13.6. The quantitative estimate of drug-likeness (QED) is 0.854. The lowest BCUT2D eigenvalue weighted by molar-refractivity contribution is 0.434. The first-order valence-corrected chi connectivity index (χ1v) is 7.95. The Kier molecular flexibility index (Phi) is 4.59. The molecule has 3 rings (SSSR count).